The SMILES string of the molecule is CC(C)(CNC(=O)CC1CSCCN1)Cc1cccc(Cl)c1. The first-order chi connectivity index (χ1) is 10.4. The molecular formula is C17H25ClN2OS. The number of carbonyl (C=O) groups excluding carboxylic acids is 1. The van der Waals surface area contributed by atoms with Gasteiger partial charge in [-0.15, -0.1) is 0 Å². The van der Waals surface area contributed by atoms with Crippen molar-refractivity contribution in [3.05, 3.63) is 34.9 Å². The number of amides is 1. The van der Waals surface area contributed by atoms with E-state index >= 15 is 0 Å². The molecule has 0 spiro atoms. The molecule has 1 aromatic rings. The minimum Gasteiger partial charge on any atom is -0.356 e. The molecule has 1 fully saturated rings. The van der Waals surface area contributed by atoms with Crippen LogP contribution in [0.15, 0.2) is 24.3 Å². The van der Waals surface area contributed by atoms with Crippen molar-refractivity contribution in [3.8, 4) is 0 Å². The number of benzene rings is 1. The lowest BCUT2D eigenvalue weighted by molar-refractivity contribution is -0.121. The summed E-state index contributed by atoms with van der Waals surface area (Å²) in [5.41, 5.74) is 1.21. The molecule has 0 saturated carbocycles. The second kappa shape index (κ2) is 8.23. The Balaban J connectivity index is 1.77. The number of carbonyl (C=O) groups is 1. The lowest BCUT2D eigenvalue weighted by Gasteiger charge is -2.27. The molecule has 5 heteroatoms. The largest absolute Gasteiger partial charge is 0.356 e. The monoisotopic (exact) mass is 340 g/mol. The van der Waals surface area contributed by atoms with Crippen LogP contribution >= 0.6 is 23.4 Å². The summed E-state index contributed by atoms with van der Waals surface area (Å²) in [7, 11) is 0. The minimum absolute atomic E-state index is 0.00901. The third-order valence-corrected chi connectivity index (χ3v) is 5.13. The van der Waals surface area contributed by atoms with E-state index in [0.29, 0.717) is 19.0 Å². The van der Waals surface area contributed by atoms with Crippen molar-refractivity contribution in [2.75, 3.05) is 24.6 Å². The Morgan fingerprint density at radius 3 is 3.00 bits per heavy atom. The fourth-order valence-corrected chi connectivity index (χ4v) is 3.81. The molecule has 0 aromatic heterocycles. The molecule has 1 aromatic carbocycles. The summed E-state index contributed by atoms with van der Waals surface area (Å²) >= 11 is 7.95. The Labute approximate surface area is 142 Å². The Hall–Kier alpha value is -0.710. The zero-order valence-electron chi connectivity index (χ0n) is 13.3. The van der Waals surface area contributed by atoms with Crippen LogP contribution in [0.5, 0.6) is 0 Å². The van der Waals surface area contributed by atoms with Crippen LogP contribution in [0.25, 0.3) is 0 Å². The summed E-state index contributed by atoms with van der Waals surface area (Å²) < 4.78 is 0. The topological polar surface area (TPSA) is 41.1 Å². The number of nitrogens with one attached hydrogen (secondary N) is 2. The first-order valence-electron chi connectivity index (χ1n) is 7.77. The molecule has 0 aliphatic carbocycles. The van der Waals surface area contributed by atoms with Crippen molar-refractivity contribution < 1.29 is 4.79 Å². The van der Waals surface area contributed by atoms with Crippen LogP contribution < -0.4 is 10.6 Å². The fraction of sp³-hybridized carbons (Fsp3) is 0.588. The van der Waals surface area contributed by atoms with Crippen molar-refractivity contribution in [3.63, 3.8) is 0 Å². The fourth-order valence-electron chi connectivity index (χ4n) is 2.65. The molecule has 22 heavy (non-hydrogen) atoms. The van der Waals surface area contributed by atoms with Crippen molar-refractivity contribution in [1.29, 1.82) is 0 Å². The number of hydrogen-bond acceptors (Lipinski definition) is 3. The summed E-state index contributed by atoms with van der Waals surface area (Å²) in [5.74, 6) is 2.31. The van der Waals surface area contributed by atoms with Crippen LogP contribution in [0.2, 0.25) is 5.02 Å². The van der Waals surface area contributed by atoms with Gasteiger partial charge in [0.25, 0.3) is 0 Å². The number of thioether (sulfide) groups is 1. The highest BCUT2D eigenvalue weighted by atomic mass is 35.5. The smallest absolute Gasteiger partial charge is 0.221 e. The van der Waals surface area contributed by atoms with Gasteiger partial charge in [0.05, 0.1) is 0 Å². The second-order valence-electron chi connectivity index (χ2n) is 6.68. The van der Waals surface area contributed by atoms with E-state index in [1.165, 1.54) is 5.56 Å². The minimum atomic E-state index is 0.00901. The van der Waals surface area contributed by atoms with E-state index < -0.39 is 0 Å². The molecule has 3 nitrogen and oxygen atoms in total. The molecule has 1 saturated heterocycles. The Kier molecular flexibility index (Phi) is 6.60. The summed E-state index contributed by atoms with van der Waals surface area (Å²) in [5, 5.41) is 7.24. The van der Waals surface area contributed by atoms with Crippen molar-refractivity contribution in [2.45, 2.75) is 32.7 Å². The van der Waals surface area contributed by atoms with E-state index in [1.807, 2.05) is 30.0 Å². The molecule has 1 aliphatic heterocycles. The van der Waals surface area contributed by atoms with Gasteiger partial charge in [-0.25, -0.2) is 0 Å². The predicted octanol–water partition coefficient (Wildman–Crippen LogP) is 3.12. The summed E-state index contributed by atoms with van der Waals surface area (Å²) in [6.45, 7) is 6.02. The third kappa shape index (κ3) is 6.19. The normalized spacial score (nSPS) is 19.0. The lowest BCUT2D eigenvalue weighted by atomic mass is 9.85. The maximum Gasteiger partial charge on any atom is 0.221 e. The first-order valence-corrected chi connectivity index (χ1v) is 9.30. The van der Waals surface area contributed by atoms with Crippen LogP contribution in [-0.2, 0) is 11.2 Å². The summed E-state index contributed by atoms with van der Waals surface area (Å²) in [4.78, 5) is 12.1. The summed E-state index contributed by atoms with van der Waals surface area (Å²) in [6.07, 6.45) is 1.46. The maximum atomic E-state index is 12.1. The standard InChI is InChI=1S/C17H25ClN2OS/c1-17(2,10-13-4-3-5-14(18)8-13)12-20-16(21)9-15-11-22-7-6-19-15/h3-5,8,15,19H,6-7,9-12H2,1-2H3,(H,20,21). The molecule has 2 N–H and O–H groups in total. The van der Waals surface area contributed by atoms with Gasteiger partial charge in [-0.1, -0.05) is 37.6 Å². The molecule has 0 radical (unpaired) electrons. The van der Waals surface area contributed by atoms with Gasteiger partial charge in [0.2, 0.25) is 5.91 Å². The average Bonchev–Trinajstić information content (AvgIpc) is 2.46. The highest BCUT2D eigenvalue weighted by Gasteiger charge is 2.21. The second-order valence-corrected chi connectivity index (χ2v) is 8.26. The van der Waals surface area contributed by atoms with Gasteiger partial charge in [-0.3, -0.25) is 4.79 Å². The van der Waals surface area contributed by atoms with E-state index in [-0.39, 0.29) is 11.3 Å². The average molecular weight is 341 g/mol. The number of hydrogen-bond donors (Lipinski definition) is 2. The van der Waals surface area contributed by atoms with Gasteiger partial charge in [0.1, 0.15) is 0 Å². The predicted molar refractivity (Wildman–Crippen MR) is 95.7 cm³/mol. The van der Waals surface area contributed by atoms with Gasteiger partial charge in [-0.05, 0) is 29.5 Å². The molecule has 1 unspecified atom stereocenters. The van der Waals surface area contributed by atoms with Crippen LogP contribution in [0.1, 0.15) is 25.8 Å². The van der Waals surface area contributed by atoms with Gasteiger partial charge in [0.15, 0.2) is 0 Å². The van der Waals surface area contributed by atoms with Crippen molar-refractivity contribution >= 4 is 29.3 Å². The Morgan fingerprint density at radius 1 is 1.50 bits per heavy atom. The van der Waals surface area contributed by atoms with E-state index in [4.69, 9.17) is 11.6 Å². The van der Waals surface area contributed by atoms with Gasteiger partial charge < -0.3 is 10.6 Å². The third-order valence-electron chi connectivity index (χ3n) is 3.77. The highest BCUT2D eigenvalue weighted by molar-refractivity contribution is 7.99. The zero-order valence-corrected chi connectivity index (χ0v) is 14.9. The molecule has 122 valence electrons. The molecular weight excluding hydrogens is 316 g/mol. The molecule has 1 atom stereocenters. The van der Waals surface area contributed by atoms with Crippen LogP contribution in [0, 0.1) is 5.41 Å². The molecule has 1 heterocycles. The van der Waals surface area contributed by atoms with Crippen molar-refractivity contribution in [1.82, 2.24) is 10.6 Å². The first kappa shape index (κ1) is 17.6. The van der Waals surface area contributed by atoms with Gasteiger partial charge in [-0.2, -0.15) is 11.8 Å². The molecule has 1 amide bonds. The summed E-state index contributed by atoms with van der Waals surface area (Å²) in [6, 6.07) is 8.25. The van der Waals surface area contributed by atoms with Gasteiger partial charge >= 0.3 is 0 Å². The van der Waals surface area contributed by atoms with Crippen LogP contribution in [0.4, 0.5) is 0 Å². The van der Waals surface area contributed by atoms with Crippen LogP contribution in [0.3, 0.4) is 0 Å². The van der Waals surface area contributed by atoms with Crippen molar-refractivity contribution in [2.24, 2.45) is 5.41 Å². The quantitative estimate of drug-likeness (QED) is 0.836. The van der Waals surface area contributed by atoms with E-state index in [2.05, 4.69) is 30.5 Å². The van der Waals surface area contributed by atoms with Gasteiger partial charge in [0, 0.05) is 42.1 Å². The number of halogens is 1. The maximum absolute atomic E-state index is 12.1. The van der Waals surface area contributed by atoms with Crippen LogP contribution in [-0.4, -0.2) is 36.5 Å². The number of rotatable bonds is 6. The molecule has 1 aliphatic rings. The molecule has 2 rings (SSSR count). The lowest BCUT2D eigenvalue weighted by Crippen LogP contribution is -2.43. The Morgan fingerprint density at radius 2 is 2.32 bits per heavy atom. The van der Waals surface area contributed by atoms with E-state index in [0.717, 1.165) is 29.5 Å². The van der Waals surface area contributed by atoms with E-state index in [1.54, 1.807) is 0 Å². The molecule has 0 bridgehead atoms. The zero-order chi connectivity index (χ0) is 16.0. The van der Waals surface area contributed by atoms with E-state index in [9.17, 15) is 4.79 Å². The highest BCUT2D eigenvalue weighted by Crippen LogP contribution is 2.23. The Bertz CT molecular complexity index is 501.